The third kappa shape index (κ3) is 3.34. The Bertz CT molecular complexity index is 600. The molecule has 104 valence electrons. The molecule has 1 unspecified atom stereocenters. The molecule has 19 heavy (non-hydrogen) atoms. The van der Waals surface area contributed by atoms with Crippen LogP contribution in [0.2, 0.25) is 0 Å². The lowest BCUT2D eigenvalue weighted by Gasteiger charge is -2.24. The molecule has 5 N–H and O–H groups in total. The van der Waals surface area contributed by atoms with Crippen molar-refractivity contribution >= 4 is 27.2 Å². The molecule has 8 heteroatoms. The zero-order chi connectivity index (χ0) is 14.0. The Hall–Kier alpha value is -1.83. The molecule has 0 spiro atoms. The van der Waals surface area contributed by atoms with Crippen LogP contribution in [0.3, 0.4) is 0 Å². The van der Waals surface area contributed by atoms with Crippen molar-refractivity contribution in [3.63, 3.8) is 0 Å². The number of hydrogen-bond acceptors (Lipinski definition) is 6. The van der Waals surface area contributed by atoms with Crippen molar-refractivity contribution in [2.75, 3.05) is 22.6 Å². The first-order valence-electron chi connectivity index (χ1n) is 5.91. The van der Waals surface area contributed by atoms with Crippen LogP contribution in [-0.2, 0) is 9.84 Å². The van der Waals surface area contributed by atoms with Crippen LogP contribution < -0.4 is 16.8 Å². The van der Waals surface area contributed by atoms with Gasteiger partial charge in [-0.2, -0.15) is 0 Å². The van der Waals surface area contributed by atoms with Gasteiger partial charge in [-0.1, -0.05) is 0 Å². The highest BCUT2D eigenvalue weighted by Crippen LogP contribution is 2.21. The van der Waals surface area contributed by atoms with Crippen molar-refractivity contribution in [1.29, 1.82) is 0 Å². The summed E-state index contributed by atoms with van der Waals surface area (Å²) >= 11 is 0. The first-order valence-corrected chi connectivity index (χ1v) is 7.73. The molecule has 1 aliphatic rings. The van der Waals surface area contributed by atoms with Gasteiger partial charge in [0.2, 0.25) is 0 Å². The topological polar surface area (TPSA) is 128 Å². The molecule has 0 bridgehead atoms. The maximum atomic E-state index is 11.5. The number of carbonyl (C=O) groups is 1. The highest BCUT2D eigenvalue weighted by Gasteiger charge is 2.25. The predicted molar refractivity (Wildman–Crippen MR) is 72.5 cm³/mol. The minimum Gasteiger partial charge on any atom is -0.396 e. The minimum atomic E-state index is -3.01. The maximum absolute atomic E-state index is 11.5. The van der Waals surface area contributed by atoms with Crippen LogP contribution in [-0.4, -0.2) is 36.9 Å². The summed E-state index contributed by atoms with van der Waals surface area (Å²) < 4.78 is 23.1. The number of amides is 1. The van der Waals surface area contributed by atoms with E-state index in [4.69, 9.17) is 11.5 Å². The van der Waals surface area contributed by atoms with Crippen molar-refractivity contribution in [1.82, 2.24) is 4.98 Å². The molecule has 0 aromatic carbocycles. The highest BCUT2D eigenvalue weighted by atomic mass is 32.2. The molecule has 1 aromatic heterocycles. The molecular weight excluding hydrogens is 268 g/mol. The van der Waals surface area contributed by atoms with E-state index in [1.807, 2.05) is 0 Å². The van der Waals surface area contributed by atoms with Gasteiger partial charge in [0.25, 0.3) is 5.91 Å². The molecule has 1 aromatic rings. The second-order valence-electron chi connectivity index (χ2n) is 4.60. The Morgan fingerprint density at radius 2 is 2.16 bits per heavy atom. The third-order valence-electron chi connectivity index (χ3n) is 2.98. The molecule has 1 aliphatic heterocycles. The number of anilines is 2. The second kappa shape index (κ2) is 5.04. The molecule has 2 rings (SSSR count). The largest absolute Gasteiger partial charge is 0.396 e. The number of nitrogens with one attached hydrogen (secondary N) is 1. The van der Waals surface area contributed by atoms with E-state index in [0.29, 0.717) is 17.9 Å². The van der Waals surface area contributed by atoms with Gasteiger partial charge in [0.05, 0.1) is 17.2 Å². The van der Waals surface area contributed by atoms with E-state index in [9.17, 15) is 13.2 Å². The summed E-state index contributed by atoms with van der Waals surface area (Å²) in [7, 11) is -3.01. The van der Waals surface area contributed by atoms with Crippen LogP contribution in [0.25, 0.3) is 0 Å². The fraction of sp³-hybridized carbons (Fsp3) is 0.455. The highest BCUT2D eigenvalue weighted by molar-refractivity contribution is 7.91. The van der Waals surface area contributed by atoms with Crippen molar-refractivity contribution in [3.05, 3.63) is 17.8 Å². The number of primary amides is 1. The van der Waals surface area contributed by atoms with Crippen molar-refractivity contribution in [2.24, 2.45) is 5.73 Å². The fourth-order valence-electron chi connectivity index (χ4n) is 2.05. The van der Waals surface area contributed by atoms with Crippen LogP contribution in [0.5, 0.6) is 0 Å². The quantitative estimate of drug-likeness (QED) is 0.702. The van der Waals surface area contributed by atoms with Crippen LogP contribution in [0.1, 0.15) is 23.3 Å². The number of sulfone groups is 1. The molecule has 1 saturated heterocycles. The van der Waals surface area contributed by atoms with Gasteiger partial charge < -0.3 is 16.8 Å². The molecule has 1 atom stereocenters. The molecule has 1 amide bonds. The Morgan fingerprint density at radius 1 is 1.42 bits per heavy atom. The van der Waals surface area contributed by atoms with E-state index in [1.165, 1.54) is 12.1 Å². The molecule has 0 saturated carbocycles. The van der Waals surface area contributed by atoms with Gasteiger partial charge in [0.1, 0.15) is 11.5 Å². The Balaban J connectivity index is 2.18. The summed E-state index contributed by atoms with van der Waals surface area (Å²) in [5.74, 6) is -0.0811. The van der Waals surface area contributed by atoms with E-state index in [2.05, 4.69) is 10.3 Å². The Morgan fingerprint density at radius 3 is 2.79 bits per heavy atom. The van der Waals surface area contributed by atoms with Gasteiger partial charge in [0.15, 0.2) is 9.84 Å². The number of nitrogens with two attached hydrogens (primary N) is 2. The molecule has 0 aliphatic carbocycles. The zero-order valence-corrected chi connectivity index (χ0v) is 11.1. The first-order chi connectivity index (χ1) is 8.87. The van der Waals surface area contributed by atoms with Crippen LogP contribution in [0.15, 0.2) is 12.1 Å². The number of nitrogens with zero attached hydrogens (tertiary/aromatic N) is 1. The van der Waals surface area contributed by atoms with Crippen LogP contribution in [0, 0.1) is 0 Å². The number of carbonyl (C=O) groups excluding carboxylic acids is 1. The van der Waals surface area contributed by atoms with Crippen molar-refractivity contribution < 1.29 is 13.2 Å². The number of pyridine rings is 1. The summed E-state index contributed by atoms with van der Waals surface area (Å²) in [6, 6.07) is 2.71. The molecule has 1 fully saturated rings. The summed E-state index contributed by atoms with van der Waals surface area (Å²) in [5, 5.41) is 2.98. The normalized spacial score (nSPS) is 21.8. The lowest BCUT2D eigenvalue weighted by Crippen LogP contribution is -2.35. The van der Waals surface area contributed by atoms with E-state index in [0.717, 1.165) is 6.42 Å². The first kappa shape index (κ1) is 13.6. The third-order valence-corrected chi connectivity index (χ3v) is 4.80. The summed E-state index contributed by atoms with van der Waals surface area (Å²) in [6.45, 7) is 0. The van der Waals surface area contributed by atoms with Crippen molar-refractivity contribution in [3.8, 4) is 0 Å². The number of hydrogen-bond donors (Lipinski definition) is 3. The van der Waals surface area contributed by atoms with Gasteiger partial charge in [-0.05, 0) is 25.0 Å². The lowest BCUT2D eigenvalue weighted by atomic mass is 10.2. The smallest absolute Gasteiger partial charge is 0.267 e. The standard InChI is InChI=1S/C11H16N4O3S/c12-8-3-4-9(10(13)16)15-11(8)14-7-2-1-5-19(17,18)6-7/h3-4,7H,1-2,5-6,12H2,(H2,13,16)(H,14,15). The van der Waals surface area contributed by atoms with E-state index in [-0.39, 0.29) is 23.2 Å². The maximum Gasteiger partial charge on any atom is 0.267 e. The lowest BCUT2D eigenvalue weighted by molar-refractivity contribution is 0.0995. The van der Waals surface area contributed by atoms with E-state index < -0.39 is 15.7 Å². The van der Waals surface area contributed by atoms with Gasteiger partial charge in [-0.3, -0.25) is 4.79 Å². The van der Waals surface area contributed by atoms with E-state index >= 15 is 0 Å². The van der Waals surface area contributed by atoms with Crippen LogP contribution in [0.4, 0.5) is 11.5 Å². The Labute approximate surface area is 111 Å². The van der Waals surface area contributed by atoms with Gasteiger partial charge in [-0.25, -0.2) is 13.4 Å². The average Bonchev–Trinajstić information content (AvgIpc) is 2.30. The summed E-state index contributed by atoms with van der Waals surface area (Å²) in [5.41, 5.74) is 11.3. The number of nitrogen functional groups attached to an aromatic ring is 1. The molecule has 2 heterocycles. The minimum absolute atomic E-state index is 0.0505. The van der Waals surface area contributed by atoms with Gasteiger partial charge in [0, 0.05) is 6.04 Å². The van der Waals surface area contributed by atoms with Crippen molar-refractivity contribution in [2.45, 2.75) is 18.9 Å². The molecular formula is C11H16N4O3S. The summed E-state index contributed by atoms with van der Waals surface area (Å²) in [6.07, 6.45) is 1.33. The zero-order valence-electron chi connectivity index (χ0n) is 10.3. The number of rotatable bonds is 3. The fourth-order valence-corrected chi connectivity index (χ4v) is 3.69. The second-order valence-corrected chi connectivity index (χ2v) is 6.83. The van der Waals surface area contributed by atoms with Gasteiger partial charge in [-0.15, -0.1) is 0 Å². The Kier molecular flexibility index (Phi) is 3.61. The number of aromatic nitrogens is 1. The molecule has 7 nitrogen and oxygen atoms in total. The predicted octanol–water partition coefficient (Wildman–Crippen LogP) is -0.248. The summed E-state index contributed by atoms with van der Waals surface area (Å²) in [4.78, 5) is 15.1. The average molecular weight is 284 g/mol. The SMILES string of the molecule is NC(=O)c1ccc(N)c(NC2CCCS(=O)(=O)C2)n1. The van der Waals surface area contributed by atoms with Crippen LogP contribution >= 0.6 is 0 Å². The van der Waals surface area contributed by atoms with Gasteiger partial charge >= 0.3 is 0 Å². The van der Waals surface area contributed by atoms with E-state index in [1.54, 1.807) is 0 Å². The molecule has 0 radical (unpaired) electrons. The monoisotopic (exact) mass is 284 g/mol.